The van der Waals surface area contributed by atoms with Gasteiger partial charge in [0.1, 0.15) is 5.75 Å². The van der Waals surface area contributed by atoms with E-state index in [0.29, 0.717) is 32.5 Å². The zero-order valence-electron chi connectivity index (χ0n) is 15.5. The van der Waals surface area contributed by atoms with Crippen LogP contribution in [0.1, 0.15) is 18.9 Å². The fourth-order valence-corrected chi connectivity index (χ4v) is 4.12. The van der Waals surface area contributed by atoms with Gasteiger partial charge in [0.15, 0.2) is 17.1 Å². The highest BCUT2D eigenvalue weighted by atomic mass is 79.9. The highest BCUT2D eigenvalue weighted by Crippen LogP contribution is 2.29. The monoisotopic (exact) mass is 514 g/mol. The summed E-state index contributed by atoms with van der Waals surface area (Å²) in [4.78, 5) is 12.3. The van der Waals surface area contributed by atoms with E-state index in [-0.39, 0.29) is 17.8 Å². The van der Waals surface area contributed by atoms with Crippen LogP contribution in [0.3, 0.4) is 0 Å². The Morgan fingerprint density at radius 2 is 2.00 bits per heavy atom. The molecule has 6 nitrogen and oxygen atoms in total. The van der Waals surface area contributed by atoms with Gasteiger partial charge in [-0.25, -0.2) is 0 Å². The number of thioether (sulfide) groups is 1. The van der Waals surface area contributed by atoms with Gasteiger partial charge in [-0.05, 0) is 37.3 Å². The summed E-state index contributed by atoms with van der Waals surface area (Å²) in [6.45, 7) is 1.87. The summed E-state index contributed by atoms with van der Waals surface area (Å²) in [6.07, 6.45) is -0.364. The molecule has 0 saturated heterocycles. The number of carbonyl (C=O) groups excluding carboxylic acids is 1. The molecule has 3 aromatic rings. The minimum Gasteiger partial charge on any atom is -0.481 e. The van der Waals surface area contributed by atoms with Crippen molar-refractivity contribution in [1.82, 2.24) is 14.8 Å². The van der Waals surface area contributed by atoms with Gasteiger partial charge in [0, 0.05) is 11.5 Å². The molecule has 0 spiro atoms. The normalized spacial score (nSPS) is 11.9. The highest BCUT2D eigenvalue weighted by molar-refractivity contribution is 9.10. The third-order valence-corrected chi connectivity index (χ3v) is 6.05. The summed E-state index contributed by atoms with van der Waals surface area (Å²) in [7, 11) is 1.83. The first kappa shape index (κ1) is 22.0. The molecule has 29 heavy (non-hydrogen) atoms. The summed E-state index contributed by atoms with van der Waals surface area (Å²) in [6, 6.07) is 12.5. The number of anilines is 1. The number of hydrogen-bond acceptors (Lipinski definition) is 5. The van der Waals surface area contributed by atoms with Gasteiger partial charge in [-0.15, -0.1) is 10.2 Å². The summed E-state index contributed by atoms with van der Waals surface area (Å²) < 4.78 is 8.53. The second kappa shape index (κ2) is 9.84. The quantitative estimate of drug-likeness (QED) is 0.405. The van der Waals surface area contributed by atoms with Gasteiger partial charge in [-0.1, -0.05) is 63.0 Å². The van der Waals surface area contributed by atoms with Crippen molar-refractivity contribution in [2.45, 2.75) is 18.2 Å². The number of nitrogens with one attached hydrogen (secondary N) is 1. The Morgan fingerprint density at radius 3 is 2.72 bits per heavy atom. The molecule has 0 saturated carbocycles. The van der Waals surface area contributed by atoms with E-state index in [2.05, 4.69) is 31.4 Å². The van der Waals surface area contributed by atoms with Gasteiger partial charge >= 0.3 is 0 Å². The van der Waals surface area contributed by atoms with Crippen LogP contribution < -0.4 is 10.1 Å². The predicted molar refractivity (Wildman–Crippen MR) is 120 cm³/mol. The number of carbonyl (C=O) groups is 1. The van der Waals surface area contributed by atoms with Crippen LogP contribution in [0, 0.1) is 0 Å². The lowest BCUT2D eigenvalue weighted by molar-refractivity contribution is -0.113. The summed E-state index contributed by atoms with van der Waals surface area (Å²) in [5, 5.41) is 12.7. The van der Waals surface area contributed by atoms with Crippen LogP contribution in [-0.2, 0) is 11.8 Å². The first-order valence-electron chi connectivity index (χ1n) is 8.53. The fourth-order valence-electron chi connectivity index (χ4n) is 2.50. The Bertz CT molecular complexity index is 1030. The second-order valence-corrected chi connectivity index (χ2v) is 8.72. The number of para-hydroxylation sites is 1. The van der Waals surface area contributed by atoms with Gasteiger partial charge in [0.25, 0.3) is 0 Å². The van der Waals surface area contributed by atoms with Crippen LogP contribution in [0.2, 0.25) is 10.0 Å². The maximum absolute atomic E-state index is 12.3. The van der Waals surface area contributed by atoms with Gasteiger partial charge in [-0.2, -0.15) is 0 Å². The topological polar surface area (TPSA) is 69.0 Å². The lowest BCUT2D eigenvalue weighted by Crippen LogP contribution is -2.15. The lowest BCUT2D eigenvalue weighted by Gasteiger charge is -2.15. The van der Waals surface area contributed by atoms with Crippen molar-refractivity contribution in [1.29, 1.82) is 0 Å². The van der Waals surface area contributed by atoms with Crippen LogP contribution >= 0.6 is 50.9 Å². The van der Waals surface area contributed by atoms with Crippen molar-refractivity contribution in [2.75, 3.05) is 11.1 Å². The molecule has 0 radical (unpaired) electrons. The number of benzene rings is 2. The molecule has 0 aliphatic heterocycles. The zero-order chi connectivity index (χ0) is 21.0. The van der Waals surface area contributed by atoms with E-state index in [4.69, 9.17) is 27.9 Å². The third kappa shape index (κ3) is 5.66. The minimum atomic E-state index is -0.364. The molecule has 0 aliphatic rings. The van der Waals surface area contributed by atoms with Crippen molar-refractivity contribution in [3.8, 4) is 5.75 Å². The Kier molecular flexibility index (Phi) is 7.45. The molecule has 0 bridgehead atoms. The van der Waals surface area contributed by atoms with Crippen molar-refractivity contribution in [3.63, 3.8) is 0 Å². The Morgan fingerprint density at radius 1 is 1.24 bits per heavy atom. The number of aromatic nitrogens is 3. The van der Waals surface area contributed by atoms with E-state index in [1.54, 1.807) is 28.8 Å². The Labute approximate surface area is 191 Å². The maximum atomic E-state index is 12.3. The van der Waals surface area contributed by atoms with Gasteiger partial charge in [0.05, 0.1) is 21.5 Å². The molecule has 152 valence electrons. The number of halogens is 3. The molecule has 1 unspecified atom stereocenters. The standard InChI is InChI=1S/C19H17BrCl2N4O2S/c1-11(28-16-6-4-3-5-13(16)21)18-24-25-19(26(18)2)29-10-17(27)23-15-8-7-12(20)9-14(15)22/h3-9,11H,10H2,1-2H3,(H,23,27). The average Bonchev–Trinajstić information content (AvgIpc) is 3.05. The fraction of sp³-hybridized carbons (Fsp3) is 0.211. The van der Waals surface area contributed by atoms with Crippen LogP contribution in [0.25, 0.3) is 0 Å². The first-order chi connectivity index (χ1) is 13.8. The predicted octanol–water partition coefficient (Wildman–Crippen LogP) is 5.76. The molecule has 0 aliphatic carbocycles. The number of ether oxygens (including phenoxy) is 1. The number of amides is 1. The average molecular weight is 516 g/mol. The van der Waals surface area contributed by atoms with Crippen molar-refractivity contribution >= 4 is 62.5 Å². The van der Waals surface area contributed by atoms with E-state index in [1.807, 2.05) is 32.2 Å². The van der Waals surface area contributed by atoms with E-state index >= 15 is 0 Å². The number of nitrogens with zero attached hydrogens (tertiary/aromatic N) is 3. The van der Waals surface area contributed by atoms with Crippen molar-refractivity contribution in [3.05, 3.63) is 62.8 Å². The van der Waals surface area contributed by atoms with Crippen LogP contribution in [0.15, 0.2) is 52.1 Å². The van der Waals surface area contributed by atoms with Gasteiger partial charge < -0.3 is 14.6 Å². The number of hydrogen-bond donors (Lipinski definition) is 1. The Balaban J connectivity index is 1.60. The first-order valence-corrected chi connectivity index (χ1v) is 11.1. The minimum absolute atomic E-state index is 0.165. The highest BCUT2D eigenvalue weighted by Gasteiger charge is 2.19. The summed E-state index contributed by atoms with van der Waals surface area (Å²) in [5.41, 5.74) is 0.556. The molecule has 1 aromatic heterocycles. The van der Waals surface area contributed by atoms with E-state index in [1.165, 1.54) is 11.8 Å². The van der Waals surface area contributed by atoms with E-state index < -0.39 is 0 Å². The SMILES string of the molecule is CC(Oc1ccccc1Cl)c1nnc(SCC(=O)Nc2ccc(Br)cc2Cl)n1C. The Hall–Kier alpha value is -1.74. The largest absolute Gasteiger partial charge is 0.481 e. The molecule has 3 rings (SSSR count). The molecule has 1 N–H and O–H groups in total. The molecule has 0 fully saturated rings. The molecular weight excluding hydrogens is 499 g/mol. The van der Waals surface area contributed by atoms with Crippen LogP contribution in [-0.4, -0.2) is 26.4 Å². The van der Waals surface area contributed by atoms with Crippen LogP contribution in [0.4, 0.5) is 5.69 Å². The van der Waals surface area contributed by atoms with Gasteiger partial charge in [0.2, 0.25) is 5.91 Å². The molecule has 1 atom stereocenters. The molecule has 2 aromatic carbocycles. The third-order valence-electron chi connectivity index (χ3n) is 3.91. The van der Waals surface area contributed by atoms with Crippen LogP contribution in [0.5, 0.6) is 5.75 Å². The molecule has 1 heterocycles. The van der Waals surface area contributed by atoms with Gasteiger partial charge in [-0.3, -0.25) is 4.79 Å². The van der Waals surface area contributed by atoms with E-state index in [0.717, 1.165) is 4.47 Å². The lowest BCUT2D eigenvalue weighted by atomic mass is 10.3. The molecular formula is C19H17BrCl2N4O2S. The van der Waals surface area contributed by atoms with Crippen molar-refractivity contribution in [2.24, 2.45) is 7.05 Å². The number of rotatable bonds is 7. The molecule has 10 heteroatoms. The molecule has 1 amide bonds. The summed E-state index contributed by atoms with van der Waals surface area (Å²) >= 11 is 16.9. The zero-order valence-corrected chi connectivity index (χ0v) is 19.4. The maximum Gasteiger partial charge on any atom is 0.234 e. The van der Waals surface area contributed by atoms with Crippen molar-refractivity contribution < 1.29 is 9.53 Å². The van der Waals surface area contributed by atoms with E-state index in [9.17, 15) is 4.79 Å². The second-order valence-electron chi connectivity index (χ2n) is 6.05. The smallest absolute Gasteiger partial charge is 0.234 e. The summed E-state index contributed by atoms with van der Waals surface area (Å²) in [5.74, 6) is 1.18.